The second-order valence-corrected chi connectivity index (χ2v) is 9.72. The van der Waals surface area contributed by atoms with Crippen molar-refractivity contribution in [2.45, 2.75) is 70.1 Å². The van der Waals surface area contributed by atoms with Crippen molar-refractivity contribution >= 4 is 39.8 Å². The molecule has 2 aliphatic carbocycles. The van der Waals surface area contributed by atoms with Gasteiger partial charge in [0, 0.05) is 31.2 Å². The maximum Gasteiger partial charge on any atom is 0.191 e. The van der Waals surface area contributed by atoms with Crippen LogP contribution < -0.4 is 10.6 Å². The molecule has 3 atom stereocenters. The number of ether oxygens (including phenoxy) is 1. The lowest BCUT2D eigenvalue weighted by molar-refractivity contribution is -0.145. The maximum absolute atomic E-state index is 11.6. The van der Waals surface area contributed by atoms with E-state index in [0.717, 1.165) is 19.0 Å². The summed E-state index contributed by atoms with van der Waals surface area (Å²) in [5.41, 5.74) is 0.230. The van der Waals surface area contributed by atoms with E-state index in [0.29, 0.717) is 18.6 Å². The molecule has 3 rings (SSSR count). The number of hydrogen-bond donors (Lipinski definition) is 2. The van der Waals surface area contributed by atoms with Gasteiger partial charge in [-0.05, 0) is 32.6 Å². The lowest BCUT2D eigenvalue weighted by Crippen LogP contribution is -2.67. The molecule has 8 heteroatoms. The van der Waals surface area contributed by atoms with Gasteiger partial charge >= 0.3 is 0 Å². The van der Waals surface area contributed by atoms with Crippen molar-refractivity contribution in [3.05, 3.63) is 0 Å². The quantitative estimate of drug-likeness (QED) is 0.362. The first-order chi connectivity index (χ1) is 11.5. The Morgan fingerprint density at radius 1 is 1.24 bits per heavy atom. The zero-order valence-electron chi connectivity index (χ0n) is 15.3. The lowest BCUT2D eigenvalue weighted by atomic mass is 9.55. The van der Waals surface area contributed by atoms with Crippen LogP contribution in [0, 0.1) is 5.41 Å². The molecule has 0 aromatic heterocycles. The molecular weight excluding hydrogens is 453 g/mol. The molecule has 0 aromatic carbocycles. The van der Waals surface area contributed by atoms with Crippen LogP contribution in [-0.2, 0) is 14.6 Å². The highest BCUT2D eigenvalue weighted by molar-refractivity contribution is 14.0. The summed E-state index contributed by atoms with van der Waals surface area (Å²) in [4.78, 5) is 4.33. The number of guanidine groups is 1. The van der Waals surface area contributed by atoms with Gasteiger partial charge in [-0.2, -0.15) is 0 Å². The third-order valence-corrected chi connectivity index (χ3v) is 7.81. The third kappa shape index (κ3) is 4.61. The normalized spacial score (nSPS) is 33.4. The average molecular weight is 485 g/mol. The highest BCUT2D eigenvalue weighted by Crippen LogP contribution is 2.53. The second kappa shape index (κ2) is 8.73. The van der Waals surface area contributed by atoms with Gasteiger partial charge in [0.1, 0.15) is 0 Å². The molecule has 1 saturated heterocycles. The molecule has 0 radical (unpaired) electrons. The van der Waals surface area contributed by atoms with Gasteiger partial charge in [-0.25, -0.2) is 8.42 Å². The van der Waals surface area contributed by atoms with Crippen LogP contribution in [0.5, 0.6) is 0 Å². The molecule has 1 aliphatic heterocycles. The van der Waals surface area contributed by atoms with Crippen LogP contribution >= 0.6 is 24.0 Å². The molecule has 1 spiro atoms. The fourth-order valence-corrected chi connectivity index (χ4v) is 6.38. The predicted molar refractivity (Wildman–Crippen MR) is 111 cm³/mol. The van der Waals surface area contributed by atoms with Crippen LogP contribution in [0.25, 0.3) is 0 Å². The molecule has 0 amide bonds. The molecule has 146 valence electrons. The van der Waals surface area contributed by atoms with E-state index in [1.54, 1.807) is 7.05 Å². The van der Waals surface area contributed by atoms with Gasteiger partial charge in [0.2, 0.25) is 0 Å². The number of aliphatic imine (C=N–C) groups is 1. The number of hydrogen-bond acceptors (Lipinski definition) is 4. The maximum atomic E-state index is 11.6. The molecule has 1 heterocycles. The molecule has 2 saturated carbocycles. The number of halogens is 1. The summed E-state index contributed by atoms with van der Waals surface area (Å²) < 4.78 is 29.3. The van der Waals surface area contributed by atoms with Gasteiger partial charge in [0.15, 0.2) is 15.8 Å². The summed E-state index contributed by atoms with van der Waals surface area (Å²) in [7, 11) is -1.12. The number of nitrogens with one attached hydrogen (secondary N) is 2. The summed E-state index contributed by atoms with van der Waals surface area (Å²) in [6.07, 6.45) is 8.32. The molecule has 0 aromatic rings. The van der Waals surface area contributed by atoms with Crippen molar-refractivity contribution in [1.82, 2.24) is 10.6 Å². The molecule has 25 heavy (non-hydrogen) atoms. The average Bonchev–Trinajstić information content (AvgIpc) is 2.92. The summed E-state index contributed by atoms with van der Waals surface area (Å²) in [5, 5.41) is 6.88. The van der Waals surface area contributed by atoms with Crippen molar-refractivity contribution in [2.75, 3.05) is 25.2 Å². The monoisotopic (exact) mass is 485 g/mol. The Labute approximate surface area is 168 Å². The van der Waals surface area contributed by atoms with Gasteiger partial charge in [-0.15, -0.1) is 24.0 Å². The summed E-state index contributed by atoms with van der Waals surface area (Å²) >= 11 is 0. The first-order valence-corrected chi connectivity index (χ1v) is 11.1. The molecular formula is C17H32IN3O3S. The van der Waals surface area contributed by atoms with E-state index in [1.807, 2.05) is 0 Å². The van der Waals surface area contributed by atoms with Gasteiger partial charge in [0.05, 0.1) is 17.6 Å². The molecule has 6 nitrogen and oxygen atoms in total. The van der Waals surface area contributed by atoms with Crippen molar-refractivity contribution in [1.29, 1.82) is 0 Å². The Balaban J connectivity index is 0.00000225. The highest BCUT2D eigenvalue weighted by atomic mass is 127. The predicted octanol–water partition coefficient (Wildman–Crippen LogP) is 2.08. The van der Waals surface area contributed by atoms with E-state index < -0.39 is 9.84 Å². The van der Waals surface area contributed by atoms with Crippen molar-refractivity contribution in [2.24, 2.45) is 10.4 Å². The van der Waals surface area contributed by atoms with Gasteiger partial charge < -0.3 is 15.4 Å². The summed E-state index contributed by atoms with van der Waals surface area (Å²) in [6, 6.07) is 0.352. The van der Waals surface area contributed by atoms with E-state index in [9.17, 15) is 8.42 Å². The molecule has 0 bridgehead atoms. The van der Waals surface area contributed by atoms with Gasteiger partial charge in [-0.1, -0.05) is 19.3 Å². The number of rotatable bonds is 4. The summed E-state index contributed by atoms with van der Waals surface area (Å²) in [5.74, 6) is 1.23. The van der Waals surface area contributed by atoms with E-state index in [2.05, 4.69) is 22.5 Å². The minimum atomic E-state index is -2.88. The fraction of sp³-hybridized carbons (Fsp3) is 0.941. The number of sulfone groups is 1. The zero-order valence-corrected chi connectivity index (χ0v) is 18.4. The van der Waals surface area contributed by atoms with E-state index in [4.69, 9.17) is 4.74 Å². The highest BCUT2D eigenvalue weighted by Gasteiger charge is 2.56. The number of nitrogens with zero attached hydrogens (tertiary/aromatic N) is 1. The smallest absolute Gasteiger partial charge is 0.191 e. The topological polar surface area (TPSA) is 79.8 Å². The molecule has 3 unspecified atom stereocenters. The van der Waals surface area contributed by atoms with E-state index in [-0.39, 0.29) is 46.9 Å². The van der Waals surface area contributed by atoms with E-state index in [1.165, 1.54) is 32.1 Å². The van der Waals surface area contributed by atoms with E-state index >= 15 is 0 Å². The van der Waals surface area contributed by atoms with Crippen LogP contribution in [0.2, 0.25) is 0 Å². The molecule has 2 N–H and O–H groups in total. The Morgan fingerprint density at radius 3 is 2.52 bits per heavy atom. The second-order valence-electron chi connectivity index (χ2n) is 7.49. The Hall–Kier alpha value is -0.0900. The molecule has 3 fully saturated rings. The van der Waals surface area contributed by atoms with Crippen molar-refractivity contribution < 1.29 is 13.2 Å². The van der Waals surface area contributed by atoms with Crippen LogP contribution in [-0.4, -0.2) is 57.7 Å². The Kier molecular flexibility index (Phi) is 7.41. The lowest BCUT2D eigenvalue weighted by Gasteiger charge is -2.58. The first-order valence-electron chi connectivity index (χ1n) is 9.31. The van der Waals surface area contributed by atoms with Crippen molar-refractivity contribution in [3.63, 3.8) is 0 Å². The fourth-order valence-electron chi connectivity index (χ4n) is 4.70. The Bertz CT molecular complexity index is 576. The standard InChI is InChI=1S/C17H31N3O3S.HI/c1-3-23-15-11-14(17(15)8-5-4-6-9-17)20-16(18-2)19-13-7-10-24(21,22)12-13;/h13-15H,3-12H2,1-2H3,(H2,18,19,20);1H. The van der Waals surface area contributed by atoms with Crippen LogP contribution in [0.3, 0.4) is 0 Å². The Morgan fingerprint density at radius 2 is 1.96 bits per heavy atom. The van der Waals surface area contributed by atoms with Crippen LogP contribution in [0.4, 0.5) is 0 Å². The first kappa shape index (κ1) is 21.2. The minimum Gasteiger partial charge on any atom is -0.378 e. The third-order valence-electron chi connectivity index (χ3n) is 6.05. The summed E-state index contributed by atoms with van der Waals surface area (Å²) in [6.45, 7) is 2.84. The van der Waals surface area contributed by atoms with Gasteiger partial charge in [0.25, 0.3) is 0 Å². The van der Waals surface area contributed by atoms with Crippen molar-refractivity contribution in [3.8, 4) is 0 Å². The van der Waals surface area contributed by atoms with Crippen LogP contribution in [0.1, 0.15) is 51.9 Å². The zero-order chi connectivity index (χ0) is 17.2. The SMILES string of the molecule is CCOC1CC(NC(=NC)NC2CCS(=O)(=O)C2)C12CCCCC2.I. The minimum absolute atomic E-state index is 0. The van der Waals surface area contributed by atoms with Gasteiger partial charge in [-0.3, -0.25) is 4.99 Å². The molecule has 3 aliphatic rings. The van der Waals surface area contributed by atoms with Crippen LogP contribution in [0.15, 0.2) is 4.99 Å². The largest absolute Gasteiger partial charge is 0.378 e.